The van der Waals surface area contributed by atoms with Crippen molar-refractivity contribution in [2.24, 2.45) is 0 Å². The lowest BCUT2D eigenvalue weighted by molar-refractivity contribution is 0.0955. The lowest BCUT2D eigenvalue weighted by Gasteiger charge is -2.16. The van der Waals surface area contributed by atoms with Crippen molar-refractivity contribution in [3.63, 3.8) is 0 Å². The molecule has 0 spiro atoms. The van der Waals surface area contributed by atoms with Crippen molar-refractivity contribution in [1.82, 2.24) is 15.3 Å². The van der Waals surface area contributed by atoms with E-state index in [0.717, 1.165) is 24.7 Å². The molecule has 2 N–H and O–H groups in total. The molecule has 0 atom stereocenters. The molecule has 0 aliphatic carbocycles. The van der Waals surface area contributed by atoms with E-state index in [0.29, 0.717) is 18.7 Å². The molecule has 2 aromatic heterocycles. The van der Waals surface area contributed by atoms with Crippen molar-refractivity contribution < 1.29 is 4.79 Å². The van der Waals surface area contributed by atoms with Crippen LogP contribution in [0.25, 0.3) is 0 Å². The first-order valence-corrected chi connectivity index (χ1v) is 8.38. The zero-order chi connectivity index (χ0) is 15.2. The summed E-state index contributed by atoms with van der Waals surface area (Å²) >= 11 is 1.52. The Kier molecular flexibility index (Phi) is 4.85. The minimum atomic E-state index is -0.0384. The molecule has 2 aromatic rings. The number of thiophene rings is 1. The summed E-state index contributed by atoms with van der Waals surface area (Å²) in [6, 6.07) is 3.78. The standard InChI is InChI=1S/C15H19N5OS/c21-15(12-3-8-22-10-12)17-5-4-16-13-9-14(19-11-18-13)20-6-1-2-7-20/h3,8-11H,1-2,4-7H2,(H,17,21)(H,16,18,19). The number of amides is 1. The van der Waals surface area contributed by atoms with Crippen molar-refractivity contribution in [2.75, 3.05) is 36.4 Å². The van der Waals surface area contributed by atoms with Gasteiger partial charge in [0.1, 0.15) is 18.0 Å². The summed E-state index contributed by atoms with van der Waals surface area (Å²) in [6.45, 7) is 3.31. The highest BCUT2D eigenvalue weighted by atomic mass is 32.1. The summed E-state index contributed by atoms with van der Waals surface area (Å²) in [4.78, 5) is 22.6. The van der Waals surface area contributed by atoms with Gasteiger partial charge >= 0.3 is 0 Å². The number of hydrogen-bond donors (Lipinski definition) is 2. The molecule has 0 aromatic carbocycles. The Balaban J connectivity index is 1.45. The number of carbonyl (C=O) groups excluding carboxylic acids is 1. The summed E-state index contributed by atoms with van der Waals surface area (Å²) in [7, 11) is 0. The Morgan fingerprint density at radius 2 is 2.14 bits per heavy atom. The van der Waals surface area contributed by atoms with Crippen molar-refractivity contribution in [1.29, 1.82) is 0 Å². The summed E-state index contributed by atoms with van der Waals surface area (Å²) in [6.07, 6.45) is 4.03. The maximum absolute atomic E-state index is 11.8. The Bertz CT molecular complexity index is 610. The van der Waals surface area contributed by atoms with Gasteiger partial charge < -0.3 is 15.5 Å². The molecule has 1 fully saturated rings. The van der Waals surface area contributed by atoms with Crippen LogP contribution in [0.4, 0.5) is 11.6 Å². The van der Waals surface area contributed by atoms with E-state index in [2.05, 4.69) is 25.5 Å². The maximum Gasteiger partial charge on any atom is 0.252 e. The van der Waals surface area contributed by atoms with Gasteiger partial charge in [0.15, 0.2) is 0 Å². The fourth-order valence-corrected chi connectivity index (χ4v) is 3.06. The van der Waals surface area contributed by atoms with E-state index in [9.17, 15) is 4.79 Å². The molecule has 1 amide bonds. The van der Waals surface area contributed by atoms with Gasteiger partial charge in [0.2, 0.25) is 0 Å². The molecule has 6 nitrogen and oxygen atoms in total. The van der Waals surface area contributed by atoms with Gasteiger partial charge in [0.05, 0.1) is 0 Å². The fourth-order valence-electron chi connectivity index (χ4n) is 2.43. The molecule has 116 valence electrons. The summed E-state index contributed by atoms with van der Waals surface area (Å²) in [5.41, 5.74) is 0.711. The van der Waals surface area contributed by atoms with Gasteiger partial charge in [-0.3, -0.25) is 4.79 Å². The monoisotopic (exact) mass is 317 g/mol. The van der Waals surface area contributed by atoms with Crippen LogP contribution in [0, 0.1) is 0 Å². The quantitative estimate of drug-likeness (QED) is 0.797. The lowest BCUT2D eigenvalue weighted by Crippen LogP contribution is -2.28. The summed E-state index contributed by atoms with van der Waals surface area (Å²) < 4.78 is 0. The largest absolute Gasteiger partial charge is 0.368 e. The highest BCUT2D eigenvalue weighted by Gasteiger charge is 2.13. The second-order valence-electron chi connectivity index (χ2n) is 5.15. The Morgan fingerprint density at radius 3 is 2.91 bits per heavy atom. The smallest absolute Gasteiger partial charge is 0.252 e. The van der Waals surface area contributed by atoms with Crippen LogP contribution in [-0.4, -0.2) is 42.1 Å². The van der Waals surface area contributed by atoms with E-state index in [-0.39, 0.29) is 5.91 Å². The third kappa shape index (κ3) is 3.73. The molecule has 1 aliphatic rings. The zero-order valence-corrected chi connectivity index (χ0v) is 13.1. The predicted molar refractivity (Wildman–Crippen MR) is 88.6 cm³/mol. The van der Waals surface area contributed by atoms with Gasteiger partial charge in [-0.1, -0.05) is 0 Å². The number of aromatic nitrogens is 2. The van der Waals surface area contributed by atoms with Gasteiger partial charge in [-0.05, 0) is 24.3 Å². The molecule has 0 unspecified atom stereocenters. The molecule has 0 saturated carbocycles. The second-order valence-corrected chi connectivity index (χ2v) is 5.93. The number of hydrogen-bond acceptors (Lipinski definition) is 6. The van der Waals surface area contributed by atoms with Crippen LogP contribution in [0.3, 0.4) is 0 Å². The second kappa shape index (κ2) is 7.22. The fraction of sp³-hybridized carbons (Fsp3) is 0.400. The minimum Gasteiger partial charge on any atom is -0.368 e. The summed E-state index contributed by atoms with van der Waals surface area (Å²) in [5.74, 6) is 1.72. The average Bonchev–Trinajstić information content (AvgIpc) is 3.24. The highest BCUT2D eigenvalue weighted by molar-refractivity contribution is 7.08. The number of anilines is 2. The van der Waals surface area contributed by atoms with Crippen molar-refractivity contribution >= 4 is 28.9 Å². The topological polar surface area (TPSA) is 70.2 Å². The maximum atomic E-state index is 11.8. The number of carbonyl (C=O) groups is 1. The molecule has 7 heteroatoms. The summed E-state index contributed by atoms with van der Waals surface area (Å²) in [5, 5.41) is 9.84. The van der Waals surface area contributed by atoms with Gasteiger partial charge in [0, 0.05) is 43.2 Å². The average molecular weight is 317 g/mol. The zero-order valence-electron chi connectivity index (χ0n) is 12.3. The first-order valence-electron chi connectivity index (χ1n) is 7.44. The van der Waals surface area contributed by atoms with Crippen LogP contribution in [0.5, 0.6) is 0 Å². The first kappa shape index (κ1) is 14.8. The predicted octanol–water partition coefficient (Wildman–Crippen LogP) is 1.98. The van der Waals surface area contributed by atoms with Crippen LogP contribution in [0.2, 0.25) is 0 Å². The van der Waals surface area contributed by atoms with Gasteiger partial charge in [-0.15, -0.1) is 0 Å². The van der Waals surface area contributed by atoms with Crippen molar-refractivity contribution in [3.8, 4) is 0 Å². The molecular weight excluding hydrogens is 298 g/mol. The van der Waals surface area contributed by atoms with E-state index in [1.807, 2.05) is 22.9 Å². The van der Waals surface area contributed by atoms with Gasteiger partial charge in [-0.25, -0.2) is 9.97 Å². The van der Waals surface area contributed by atoms with E-state index >= 15 is 0 Å². The molecule has 1 aliphatic heterocycles. The highest BCUT2D eigenvalue weighted by Crippen LogP contribution is 2.18. The molecule has 0 radical (unpaired) electrons. The SMILES string of the molecule is O=C(NCCNc1cc(N2CCCC2)ncn1)c1ccsc1. The van der Waals surface area contributed by atoms with Crippen molar-refractivity contribution in [3.05, 3.63) is 34.8 Å². The van der Waals surface area contributed by atoms with Gasteiger partial charge in [0.25, 0.3) is 5.91 Å². The minimum absolute atomic E-state index is 0.0384. The van der Waals surface area contributed by atoms with Crippen LogP contribution in [0.15, 0.2) is 29.2 Å². The normalized spacial score (nSPS) is 14.1. The van der Waals surface area contributed by atoms with Gasteiger partial charge in [-0.2, -0.15) is 11.3 Å². The van der Waals surface area contributed by atoms with Crippen LogP contribution < -0.4 is 15.5 Å². The molecule has 1 saturated heterocycles. The van der Waals surface area contributed by atoms with Crippen LogP contribution in [0.1, 0.15) is 23.2 Å². The molecule has 3 heterocycles. The first-order chi connectivity index (χ1) is 10.8. The third-order valence-corrected chi connectivity index (χ3v) is 4.27. The Morgan fingerprint density at radius 1 is 1.27 bits per heavy atom. The molecule has 0 bridgehead atoms. The van der Waals surface area contributed by atoms with E-state index in [1.54, 1.807) is 6.33 Å². The molecular formula is C15H19N5OS. The van der Waals surface area contributed by atoms with Crippen molar-refractivity contribution in [2.45, 2.75) is 12.8 Å². The van der Waals surface area contributed by atoms with E-state index < -0.39 is 0 Å². The molecule has 22 heavy (non-hydrogen) atoms. The molecule has 3 rings (SSSR count). The van der Waals surface area contributed by atoms with Crippen LogP contribution in [-0.2, 0) is 0 Å². The van der Waals surface area contributed by atoms with E-state index in [1.165, 1.54) is 24.2 Å². The third-order valence-electron chi connectivity index (χ3n) is 3.58. The number of rotatable bonds is 6. The number of nitrogens with one attached hydrogen (secondary N) is 2. The lowest BCUT2D eigenvalue weighted by atomic mass is 10.3. The van der Waals surface area contributed by atoms with Crippen LogP contribution >= 0.6 is 11.3 Å². The van der Waals surface area contributed by atoms with E-state index in [4.69, 9.17) is 0 Å². The Hall–Kier alpha value is -2.15. The Labute approximate surface area is 133 Å². The number of nitrogens with zero attached hydrogens (tertiary/aromatic N) is 3.